The number of carboxylic acids is 1. The SMILES string of the molecule is CCC1C(=O)OCc2c1cc1n(c2=O)Cc2c-1nc1cc(F)c(C)c3c1c2C(NC(=O)OC(CNC(C)C)c1ccc(OC2OC(C(=O)O)CC(O)[C@H]2O)c([N+](=O)[O-])c1)CC3. The van der Waals surface area contributed by atoms with Crippen LogP contribution in [0.25, 0.3) is 22.3 Å². The maximum atomic E-state index is 15.4. The predicted molar refractivity (Wildman–Crippen MR) is 211 cm³/mol. The lowest BCUT2D eigenvalue weighted by Gasteiger charge is -2.35. The molecule has 2 aromatic heterocycles. The van der Waals surface area contributed by atoms with Crippen molar-refractivity contribution >= 4 is 34.6 Å². The number of nitro groups is 1. The number of pyridine rings is 2. The largest absolute Gasteiger partial charge is 0.479 e. The number of ether oxygens (including phenoxy) is 4. The third-order valence-electron chi connectivity index (χ3n) is 11.9. The highest BCUT2D eigenvalue weighted by atomic mass is 19.1. The summed E-state index contributed by atoms with van der Waals surface area (Å²) in [6, 6.07) is 6.06. The average Bonchev–Trinajstić information content (AvgIpc) is 3.58. The van der Waals surface area contributed by atoms with E-state index in [0.29, 0.717) is 69.4 Å². The fourth-order valence-electron chi connectivity index (χ4n) is 8.79. The Labute approximate surface area is 346 Å². The Balaban J connectivity index is 1.12. The molecule has 18 nitrogen and oxygen atoms in total. The first-order chi connectivity index (χ1) is 29.1. The molecule has 0 saturated carbocycles. The van der Waals surface area contributed by atoms with Gasteiger partial charge in [-0.1, -0.05) is 26.8 Å². The van der Waals surface area contributed by atoms with E-state index in [9.17, 15) is 44.6 Å². The average molecular weight is 846 g/mol. The summed E-state index contributed by atoms with van der Waals surface area (Å²) in [5, 5.41) is 49.2. The normalized spacial score (nSPS) is 23.1. The second-order valence-electron chi connectivity index (χ2n) is 16.1. The zero-order valence-electron chi connectivity index (χ0n) is 33.6. The van der Waals surface area contributed by atoms with Crippen molar-refractivity contribution in [1.82, 2.24) is 20.2 Å². The van der Waals surface area contributed by atoms with Crippen LogP contribution in [0.5, 0.6) is 5.75 Å². The van der Waals surface area contributed by atoms with Gasteiger partial charge in [0.05, 0.1) is 52.0 Å². The number of carbonyl (C=O) groups is 3. The number of hydrogen-bond acceptors (Lipinski definition) is 14. The van der Waals surface area contributed by atoms with Crippen molar-refractivity contribution in [1.29, 1.82) is 0 Å². The maximum Gasteiger partial charge on any atom is 0.408 e. The fraction of sp³-hybridized carbons (Fsp3) is 0.452. The number of aliphatic hydroxyl groups is 2. The standard InChI is InChI=1S/C42H44FN5O13/c1-5-20-22-11-29-36-23(15-47(29)38(51)24(22)16-58-40(20)54)35-26(8-7-21-18(4)25(43)12-27(45-36)34(21)35)46-42(55)61-33(14-44-17(2)3)19-6-9-31(28(10-19)48(56)57)59-41-37(50)30(49)13-32(60-41)39(52)53/h6,9-12,17,20,26,30,32-33,37,41,44,49-50H,5,7-8,13-16H2,1-4H3,(H,46,55)(H,52,53)/t20?,26?,30?,32?,33?,37-,41?/m1/s1. The first-order valence-electron chi connectivity index (χ1n) is 20.0. The first kappa shape index (κ1) is 41.7. The highest BCUT2D eigenvalue weighted by molar-refractivity contribution is 5.93. The molecular weight excluding hydrogens is 801 g/mol. The fourth-order valence-corrected chi connectivity index (χ4v) is 8.79. The molecule has 5 heterocycles. The van der Waals surface area contributed by atoms with E-state index in [1.807, 2.05) is 20.8 Å². The molecule has 8 rings (SSSR count). The molecule has 3 aliphatic heterocycles. The number of rotatable bonds is 11. The van der Waals surface area contributed by atoms with Gasteiger partial charge in [-0.05, 0) is 60.6 Å². The number of cyclic esters (lactones) is 1. The number of fused-ring (bicyclic) bond motifs is 5. The van der Waals surface area contributed by atoms with Crippen molar-refractivity contribution in [2.75, 3.05) is 6.54 Å². The lowest BCUT2D eigenvalue weighted by atomic mass is 9.81. The number of halogens is 1. The number of aryl methyl sites for hydroxylation is 1. The van der Waals surface area contributed by atoms with Gasteiger partial charge in [0.25, 0.3) is 5.56 Å². The van der Waals surface area contributed by atoms with E-state index in [2.05, 4.69) is 10.6 Å². The van der Waals surface area contributed by atoms with Crippen LogP contribution in [0.3, 0.4) is 0 Å². The number of nitrogens with zero attached hydrogens (tertiary/aromatic N) is 3. The topological polar surface area (TPSA) is 251 Å². The van der Waals surface area contributed by atoms with Gasteiger partial charge in [-0.3, -0.25) is 19.7 Å². The molecule has 1 amide bonds. The summed E-state index contributed by atoms with van der Waals surface area (Å²) >= 11 is 0. The van der Waals surface area contributed by atoms with Crippen LogP contribution < -0.4 is 20.9 Å². The Hall–Kier alpha value is -6.02. The van der Waals surface area contributed by atoms with Crippen LogP contribution in [0, 0.1) is 22.9 Å². The number of benzene rings is 2. The number of carbonyl (C=O) groups excluding carboxylic acids is 2. The zero-order valence-corrected chi connectivity index (χ0v) is 33.6. The Kier molecular flexibility index (Phi) is 11.0. The Morgan fingerprint density at radius 3 is 2.62 bits per heavy atom. The van der Waals surface area contributed by atoms with Crippen LogP contribution >= 0.6 is 0 Å². The van der Waals surface area contributed by atoms with Gasteiger partial charge in [0.1, 0.15) is 24.6 Å². The second kappa shape index (κ2) is 16.1. The van der Waals surface area contributed by atoms with Crippen molar-refractivity contribution in [2.24, 2.45) is 0 Å². The van der Waals surface area contributed by atoms with Crippen molar-refractivity contribution in [3.05, 3.63) is 95.6 Å². The molecule has 19 heteroatoms. The smallest absolute Gasteiger partial charge is 0.408 e. The molecule has 61 heavy (non-hydrogen) atoms. The third kappa shape index (κ3) is 7.44. The molecule has 4 aliphatic rings. The lowest BCUT2D eigenvalue weighted by molar-refractivity contribution is -0.386. The van der Waals surface area contributed by atoms with Gasteiger partial charge >= 0.3 is 23.7 Å². The molecule has 0 bridgehead atoms. The number of esters is 1. The highest BCUT2D eigenvalue weighted by Crippen LogP contribution is 2.46. The molecule has 2 aromatic carbocycles. The van der Waals surface area contributed by atoms with Crippen molar-refractivity contribution in [3.63, 3.8) is 0 Å². The summed E-state index contributed by atoms with van der Waals surface area (Å²) in [4.78, 5) is 68.7. The number of hydrogen-bond donors (Lipinski definition) is 5. The van der Waals surface area contributed by atoms with Crippen molar-refractivity contribution < 1.29 is 58.0 Å². The summed E-state index contributed by atoms with van der Waals surface area (Å²) in [5.41, 5.74) is 3.91. The van der Waals surface area contributed by atoms with E-state index in [1.54, 1.807) is 17.6 Å². The number of aliphatic hydroxyl groups excluding tert-OH is 2. The highest BCUT2D eigenvalue weighted by Gasteiger charge is 2.43. The monoisotopic (exact) mass is 845 g/mol. The number of aliphatic carboxylic acids is 1. The minimum atomic E-state index is -1.75. The van der Waals surface area contributed by atoms with Crippen LogP contribution in [0.4, 0.5) is 14.9 Å². The number of carboxylic acid groups (broad SMARTS) is 1. The Morgan fingerprint density at radius 1 is 1.15 bits per heavy atom. The summed E-state index contributed by atoms with van der Waals surface area (Å²) in [5.74, 6) is -3.32. The molecule has 4 aromatic rings. The summed E-state index contributed by atoms with van der Waals surface area (Å²) < 4.78 is 39.2. The first-order valence-corrected chi connectivity index (χ1v) is 20.0. The van der Waals surface area contributed by atoms with Gasteiger partial charge < -0.3 is 49.5 Å². The molecule has 6 unspecified atom stereocenters. The zero-order chi connectivity index (χ0) is 43.6. The number of amides is 1. The lowest BCUT2D eigenvalue weighted by Crippen LogP contribution is -2.52. The number of nitrogens with one attached hydrogen (secondary N) is 2. The van der Waals surface area contributed by atoms with Crippen molar-refractivity contribution in [2.45, 2.75) is 115 Å². The number of aromatic nitrogens is 2. The van der Waals surface area contributed by atoms with E-state index in [0.717, 1.165) is 11.6 Å². The van der Waals surface area contributed by atoms with E-state index in [-0.39, 0.29) is 36.9 Å². The van der Waals surface area contributed by atoms with Crippen molar-refractivity contribution in [3.8, 4) is 17.1 Å². The molecule has 1 saturated heterocycles. The summed E-state index contributed by atoms with van der Waals surface area (Å²) in [7, 11) is 0. The van der Waals surface area contributed by atoms with Gasteiger partial charge in [0.2, 0.25) is 6.29 Å². The number of nitro benzene ring substituents is 1. The van der Waals surface area contributed by atoms with E-state index in [1.165, 1.54) is 18.2 Å². The molecule has 1 aliphatic carbocycles. The Bertz CT molecular complexity index is 2560. The maximum absolute atomic E-state index is 15.4. The van der Waals surface area contributed by atoms with Crippen LogP contribution in [0.2, 0.25) is 0 Å². The minimum absolute atomic E-state index is 0.0219. The third-order valence-corrected chi connectivity index (χ3v) is 11.9. The second-order valence-corrected chi connectivity index (χ2v) is 16.1. The van der Waals surface area contributed by atoms with Gasteiger partial charge in [-0.2, -0.15) is 0 Å². The van der Waals surface area contributed by atoms with Gasteiger partial charge in [-0.15, -0.1) is 0 Å². The summed E-state index contributed by atoms with van der Waals surface area (Å²) in [6.45, 7) is 7.19. The molecule has 1 fully saturated rings. The molecular formula is C42H44FN5O13. The Morgan fingerprint density at radius 2 is 1.92 bits per heavy atom. The molecule has 0 spiro atoms. The quantitative estimate of drug-likeness (QED) is 0.0714. The van der Waals surface area contributed by atoms with Crippen LogP contribution in [-0.2, 0) is 43.4 Å². The van der Waals surface area contributed by atoms with Gasteiger partial charge in [0, 0.05) is 47.7 Å². The molecule has 0 radical (unpaired) electrons. The van der Waals surface area contributed by atoms with Crippen LogP contribution in [0.1, 0.15) is 97.0 Å². The van der Waals surface area contributed by atoms with Gasteiger partial charge in [0.15, 0.2) is 11.9 Å². The van der Waals surface area contributed by atoms with Crippen LogP contribution in [0.15, 0.2) is 35.1 Å². The molecule has 7 atom stereocenters. The van der Waals surface area contributed by atoms with Crippen LogP contribution in [-0.4, -0.2) is 85.0 Å². The summed E-state index contributed by atoms with van der Waals surface area (Å²) in [6.07, 6.45) is -7.81. The van der Waals surface area contributed by atoms with E-state index in [4.69, 9.17) is 23.9 Å². The van der Waals surface area contributed by atoms with E-state index < -0.39 is 89.3 Å². The minimum Gasteiger partial charge on any atom is -0.479 e. The van der Waals surface area contributed by atoms with Gasteiger partial charge in [-0.25, -0.2) is 19.0 Å². The predicted octanol–water partition coefficient (Wildman–Crippen LogP) is 4.08. The molecule has 5 N–H and O–H groups in total. The number of alkyl carbamates (subject to hydrolysis) is 1. The molecule has 322 valence electrons. The van der Waals surface area contributed by atoms with E-state index >= 15 is 4.39 Å².